The van der Waals surface area contributed by atoms with Gasteiger partial charge < -0.3 is 14.5 Å². The molecule has 1 amide bonds. The predicted octanol–water partition coefficient (Wildman–Crippen LogP) is 2.61. The zero-order chi connectivity index (χ0) is 16.9. The summed E-state index contributed by atoms with van der Waals surface area (Å²) < 4.78 is 5.19. The lowest BCUT2D eigenvalue weighted by Crippen LogP contribution is -2.49. The van der Waals surface area contributed by atoms with E-state index in [2.05, 4.69) is 28.9 Å². The number of anilines is 1. The van der Waals surface area contributed by atoms with E-state index in [1.54, 1.807) is 18.4 Å². The van der Waals surface area contributed by atoms with E-state index in [0.717, 1.165) is 49.1 Å². The van der Waals surface area contributed by atoms with Gasteiger partial charge in [0.1, 0.15) is 5.75 Å². The predicted molar refractivity (Wildman–Crippen MR) is 97.0 cm³/mol. The maximum atomic E-state index is 12.4. The number of carbonyl (C=O) groups excluding carboxylic acids is 1. The SMILES string of the molecule is CCc1nc(CC(=O)N2CCN(c3ccc(OC)cc3)CC2)cs1. The summed E-state index contributed by atoms with van der Waals surface area (Å²) in [4.78, 5) is 21.2. The van der Waals surface area contributed by atoms with Crippen LogP contribution in [0.4, 0.5) is 5.69 Å². The van der Waals surface area contributed by atoms with Crippen LogP contribution >= 0.6 is 11.3 Å². The van der Waals surface area contributed by atoms with Gasteiger partial charge in [-0.15, -0.1) is 11.3 Å². The van der Waals surface area contributed by atoms with Gasteiger partial charge >= 0.3 is 0 Å². The first-order valence-corrected chi connectivity index (χ1v) is 9.17. The Hall–Kier alpha value is -2.08. The Labute approximate surface area is 146 Å². The second-order valence-corrected chi connectivity index (χ2v) is 6.77. The van der Waals surface area contributed by atoms with Crippen molar-refractivity contribution in [2.45, 2.75) is 19.8 Å². The summed E-state index contributed by atoms with van der Waals surface area (Å²) in [6.45, 7) is 5.32. The number of hydrogen-bond acceptors (Lipinski definition) is 5. The maximum Gasteiger partial charge on any atom is 0.228 e. The highest BCUT2D eigenvalue weighted by Gasteiger charge is 2.22. The molecule has 1 saturated heterocycles. The molecule has 1 aliphatic heterocycles. The number of methoxy groups -OCH3 is 1. The molecule has 128 valence electrons. The van der Waals surface area contributed by atoms with Gasteiger partial charge in [-0.05, 0) is 30.7 Å². The minimum atomic E-state index is 0.178. The third kappa shape index (κ3) is 3.87. The molecule has 1 aromatic carbocycles. The summed E-state index contributed by atoms with van der Waals surface area (Å²) in [7, 11) is 1.67. The lowest BCUT2D eigenvalue weighted by Gasteiger charge is -2.36. The van der Waals surface area contributed by atoms with Crippen LogP contribution in [0, 0.1) is 0 Å². The third-order valence-electron chi connectivity index (χ3n) is 4.30. The quantitative estimate of drug-likeness (QED) is 0.836. The first kappa shape index (κ1) is 16.8. The van der Waals surface area contributed by atoms with E-state index in [0.29, 0.717) is 6.42 Å². The van der Waals surface area contributed by atoms with Gasteiger partial charge in [0.2, 0.25) is 5.91 Å². The highest BCUT2D eigenvalue weighted by Crippen LogP contribution is 2.21. The van der Waals surface area contributed by atoms with Gasteiger partial charge in [0.15, 0.2) is 0 Å². The number of nitrogens with zero attached hydrogens (tertiary/aromatic N) is 3. The van der Waals surface area contributed by atoms with Crippen molar-refractivity contribution in [1.29, 1.82) is 0 Å². The zero-order valence-corrected chi connectivity index (χ0v) is 15.0. The van der Waals surface area contributed by atoms with Crippen LogP contribution in [0.1, 0.15) is 17.6 Å². The fourth-order valence-electron chi connectivity index (χ4n) is 2.87. The molecule has 1 aliphatic rings. The third-order valence-corrected chi connectivity index (χ3v) is 5.35. The van der Waals surface area contributed by atoms with Crippen molar-refractivity contribution < 1.29 is 9.53 Å². The molecule has 0 atom stereocenters. The smallest absolute Gasteiger partial charge is 0.228 e. The van der Waals surface area contributed by atoms with Crippen molar-refractivity contribution in [3.63, 3.8) is 0 Å². The molecule has 0 spiro atoms. The van der Waals surface area contributed by atoms with Crippen LogP contribution in [-0.4, -0.2) is 49.1 Å². The number of thiazole rings is 1. The zero-order valence-electron chi connectivity index (χ0n) is 14.2. The van der Waals surface area contributed by atoms with Crippen LogP contribution in [0.5, 0.6) is 5.75 Å². The second kappa shape index (κ2) is 7.66. The van der Waals surface area contributed by atoms with Crippen LogP contribution in [-0.2, 0) is 17.6 Å². The van der Waals surface area contributed by atoms with Crippen molar-refractivity contribution in [1.82, 2.24) is 9.88 Å². The van der Waals surface area contributed by atoms with Gasteiger partial charge in [-0.25, -0.2) is 4.98 Å². The van der Waals surface area contributed by atoms with E-state index in [9.17, 15) is 4.79 Å². The Morgan fingerprint density at radius 2 is 1.92 bits per heavy atom. The molecular formula is C18H23N3O2S. The number of benzene rings is 1. The van der Waals surface area contributed by atoms with Gasteiger partial charge in [-0.3, -0.25) is 4.79 Å². The molecule has 0 saturated carbocycles. The largest absolute Gasteiger partial charge is 0.497 e. The summed E-state index contributed by atoms with van der Waals surface area (Å²) >= 11 is 1.64. The molecular weight excluding hydrogens is 322 g/mol. The van der Waals surface area contributed by atoms with Crippen molar-refractivity contribution in [2.75, 3.05) is 38.2 Å². The Balaban J connectivity index is 1.53. The van der Waals surface area contributed by atoms with Gasteiger partial charge in [-0.1, -0.05) is 6.92 Å². The molecule has 6 heteroatoms. The molecule has 3 rings (SSSR count). The van der Waals surface area contributed by atoms with E-state index in [4.69, 9.17) is 4.74 Å². The molecule has 24 heavy (non-hydrogen) atoms. The average Bonchev–Trinajstić information content (AvgIpc) is 3.09. The van der Waals surface area contributed by atoms with E-state index in [1.165, 1.54) is 5.69 Å². The number of aromatic nitrogens is 1. The number of carbonyl (C=O) groups is 1. The standard InChI is InChI=1S/C18H23N3O2S/c1-3-17-19-14(13-24-17)12-18(22)21-10-8-20(9-11-21)15-4-6-16(23-2)7-5-15/h4-7,13H,3,8-12H2,1-2H3. The highest BCUT2D eigenvalue weighted by atomic mass is 32.1. The van der Waals surface area contributed by atoms with Crippen molar-refractivity contribution in [2.24, 2.45) is 0 Å². The molecule has 5 nitrogen and oxygen atoms in total. The van der Waals surface area contributed by atoms with Gasteiger partial charge in [-0.2, -0.15) is 0 Å². The molecule has 2 aromatic rings. The number of aryl methyl sites for hydroxylation is 1. The minimum absolute atomic E-state index is 0.178. The number of ether oxygens (including phenoxy) is 1. The minimum Gasteiger partial charge on any atom is -0.497 e. The molecule has 0 bridgehead atoms. The second-order valence-electron chi connectivity index (χ2n) is 5.83. The summed E-state index contributed by atoms with van der Waals surface area (Å²) in [6, 6.07) is 8.08. The van der Waals surface area contributed by atoms with Gasteiger partial charge in [0.25, 0.3) is 0 Å². The van der Waals surface area contributed by atoms with Gasteiger partial charge in [0.05, 0.1) is 24.2 Å². The number of piperazine rings is 1. The monoisotopic (exact) mass is 345 g/mol. The summed E-state index contributed by atoms with van der Waals surface area (Å²) in [5.74, 6) is 1.04. The van der Waals surface area contributed by atoms with Crippen LogP contribution < -0.4 is 9.64 Å². The van der Waals surface area contributed by atoms with Crippen LogP contribution in [0.25, 0.3) is 0 Å². The van der Waals surface area contributed by atoms with E-state index in [-0.39, 0.29) is 5.91 Å². The Morgan fingerprint density at radius 3 is 2.50 bits per heavy atom. The summed E-state index contributed by atoms with van der Waals surface area (Å²) in [5, 5.41) is 3.10. The Morgan fingerprint density at radius 1 is 1.21 bits per heavy atom. The lowest BCUT2D eigenvalue weighted by atomic mass is 10.2. The maximum absolute atomic E-state index is 12.4. The van der Waals surface area contributed by atoms with Crippen LogP contribution in [0.3, 0.4) is 0 Å². The Bertz CT molecular complexity index is 676. The van der Waals surface area contributed by atoms with Crippen molar-refractivity contribution in [3.05, 3.63) is 40.3 Å². The molecule has 0 aliphatic carbocycles. The summed E-state index contributed by atoms with van der Waals surface area (Å²) in [5.41, 5.74) is 2.08. The molecule has 0 radical (unpaired) electrons. The number of hydrogen-bond donors (Lipinski definition) is 0. The topological polar surface area (TPSA) is 45.7 Å². The first-order chi connectivity index (χ1) is 11.7. The fourth-order valence-corrected chi connectivity index (χ4v) is 3.61. The normalized spacial score (nSPS) is 14.8. The van der Waals surface area contributed by atoms with Crippen LogP contribution in [0.2, 0.25) is 0 Å². The highest BCUT2D eigenvalue weighted by molar-refractivity contribution is 7.09. The van der Waals surface area contributed by atoms with E-state index < -0.39 is 0 Å². The Kier molecular flexibility index (Phi) is 5.35. The number of amides is 1. The van der Waals surface area contributed by atoms with E-state index >= 15 is 0 Å². The molecule has 2 heterocycles. The molecule has 1 fully saturated rings. The van der Waals surface area contributed by atoms with E-state index in [1.807, 2.05) is 22.4 Å². The van der Waals surface area contributed by atoms with Crippen molar-refractivity contribution >= 4 is 22.9 Å². The number of rotatable bonds is 5. The van der Waals surface area contributed by atoms with Crippen LogP contribution in [0.15, 0.2) is 29.6 Å². The first-order valence-electron chi connectivity index (χ1n) is 8.29. The van der Waals surface area contributed by atoms with Gasteiger partial charge in [0, 0.05) is 37.2 Å². The molecule has 0 N–H and O–H groups in total. The summed E-state index contributed by atoms with van der Waals surface area (Å²) in [6.07, 6.45) is 1.35. The lowest BCUT2D eigenvalue weighted by molar-refractivity contribution is -0.130. The molecule has 0 unspecified atom stereocenters. The fraction of sp³-hybridized carbons (Fsp3) is 0.444. The average molecular weight is 345 g/mol. The molecule has 1 aromatic heterocycles. The van der Waals surface area contributed by atoms with Crippen molar-refractivity contribution in [3.8, 4) is 5.75 Å².